The highest BCUT2D eigenvalue weighted by Crippen LogP contribution is 2.25. The molecule has 0 unspecified atom stereocenters. The van der Waals surface area contributed by atoms with E-state index in [1.807, 2.05) is 0 Å². The van der Waals surface area contributed by atoms with Crippen LogP contribution in [-0.2, 0) is 0 Å². The van der Waals surface area contributed by atoms with Crippen LogP contribution in [0.25, 0.3) is 0 Å². The quantitative estimate of drug-likeness (QED) is 0.780. The fourth-order valence-corrected chi connectivity index (χ4v) is 2.49. The lowest BCUT2D eigenvalue weighted by Crippen LogP contribution is -1.84. The van der Waals surface area contributed by atoms with Gasteiger partial charge in [0.25, 0.3) is 0 Å². The fourth-order valence-electron chi connectivity index (χ4n) is 1.05. The average molecular weight is 221 g/mol. The van der Waals surface area contributed by atoms with Crippen LogP contribution < -0.4 is 4.72 Å². The molecule has 2 rings (SSSR count). The molecule has 3 heteroatoms. The maximum Gasteiger partial charge on any atom is 0.0807 e. The van der Waals surface area contributed by atoms with E-state index in [9.17, 15) is 0 Å². The van der Waals surface area contributed by atoms with Crippen LogP contribution in [0.1, 0.15) is 5.56 Å². The third-order valence-corrected chi connectivity index (χ3v) is 3.69. The first-order valence-electron chi connectivity index (χ1n) is 4.37. The van der Waals surface area contributed by atoms with Crippen molar-refractivity contribution in [3.63, 3.8) is 0 Å². The summed E-state index contributed by atoms with van der Waals surface area (Å²) in [6.45, 7) is 2.09. The van der Waals surface area contributed by atoms with Crippen LogP contribution in [-0.4, -0.2) is 0 Å². The van der Waals surface area contributed by atoms with Gasteiger partial charge in [0, 0.05) is 5.69 Å². The number of hydrogen-bond donors (Lipinski definition) is 1. The fraction of sp³-hybridized carbons (Fsp3) is 0.0909. The van der Waals surface area contributed by atoms with Crippen LogP contribution in [0.5, 0.6) is 0 Å². The van der Waals surface area contributed by atoms with E-state index >= 15 is 0 Å². The van der Waals surface area contributed by atoms with Gasteiger partial charge in [-0.25, -0.2) is 0 Å². The summed E-state index contributed by atoms with van der Waals surface area (Å²) in [5, 5.41) is 2.08. The van der Waals surface area contributed by atoms with Gasteiger partial charge in [-0.3, -0.25) is 0 Å². The number of anilines is 1. The topological polar surface area (TPSA) is 12.0 Å². The first kappa shape index (κ1) is 9.62. The Labute approximate surface area is 92.3 Å². The molecule has 0 atom stereocenters. The third kappa shape index (κ3) is 2.53. The first-order valence-corrected chi connectivity index (χ1v) is 6.07. The Hall–Kier alpha value is -0.930. The van der Waals surface area contributed by atoms with Crippen LogP contribution in [0.15, 0.2) is 46.0 Å². The maximum atomic E-state index is 3.30. The smallest absolute Gasteiger partial charge is 0.0807 e. The van der Waals surface area contributed by atoms with Gasteiger partial charge in [-0.05, 0) is 42.5 Å². The molecule has 0 amide bonds. The van der Waals surface area contributed by atoms with E-state index in [0.717, 1.165) is 5.69 Å². The van der Waals surface area contributed by atoms with Crippen LogP contribution >= 0.6 is 23.3 Å². The predicted octanol–water partition coefficient (Wildman–Crippen LogP) is 4.18. The van der Waals surface area contributed by atoms with Gasteiger partial charge in [0.1, 0.15) is 0 Å². The molecule has 72 valence electrons. The monoisotopic (exact) mass is 221 g/mol. The van der Waals surface area contributed by atoms with E-state index in [-0.39, 0.29) is 0 Å². The summed E-state index contributed by atoms with van der Waals surface area (Å²) in [6.07, 6.45) is 0. The van der Waals surface area contributed by atoms with Crippen LogP contribution in [0.2, 0.25) is 0 Å². The van der Waals surface area contributed by atoms with Gasteiger partial charge >= 0.3 is 0 Å². The molecule has 0 aliphatic rings. The minimum Gasteiger partial charge on any atom is -0.325 e. The summed E-state index contributed by atoms with van der Waals surface area (Å²) in [5.74, 6) is 0. The molecule has 1 nitrogen and oxygen atoms in total. The van der Waals surface area contributed by atoms with E-state index in [2.05, 4.69) is 53.4 Å². The summed E-state index contributed by atoms with van der Waals surface area (Å²) in [6, 6.07) is 12.6. The Morgan fingerprint density at radius 3 is 2.57 bits per heavy atom. The Morgan fingerprint density at radius 1 is 1.14 bits per heavy atom. The van der Waals surface area contributed by atoms with E-state index in [1.54, 1.807) is 23.3 Å². The predicted molar refractivity (Wildman–Crippen MR) is 65.0 cm³/mol. The number of thiophene rings is 1. The molecule has 1 heterocycles. The van der Waals surface area contributed by atoms with Gasteiger partial charge in [0.15, 0.2) is 0 Å². The molecule has 2 aromatic rings. The van der Waals surface area contributed by atoms with Crippen molar-refractivity contribution in [3.05, 3.63) is 47.3 Å². The molecule has 0 radical (unpaired) electrons. The van der Waals surface area contributed by atoms with Crippen molar-refractivity contribution >= 4 is 29.0 Å². The molecule has 1 N–H and O–H groups in total. The van der Waals surface area contributed by atoms with E-state index < -0.39 is 0 Å². The van der Waals surface area contributed by atoms with Gasteiger partial charge in [-0.1, -0.05) is 23.8 Å². The number of benzene rings is 1. The molecule has 0 saturated carbocycles. The highest BCUT2D eigenvalue weighted by atomic mass is 32.2. The number of hydrogen-bond acceptors (Lipinski definition) is 3. The van der Waals surface area contributed by atoms with Crippen molar-refractivity contribution in [2.45, 2.75) is 11.1 Å². The third-order valence-electron chi connectivity index (χ3n) is 1.82. The number of aryl methyl sites for hydroxylation is 1. The second-order valence-electron chi connectivity index (χ2n) is 3.00. The highest BCUT2D eigenvalue weighted by Gasteiger charge is 1.94. The summed E-state index contributed by atoms with van der Waals surface area (Å²) in [5.41, 5.74) is 2.44. The zero-order valence-corrected chi connectivity index (χ0v) is 9.49. The molecule has 1 aromatic carbocycles. The van der Waals surface area contributed by atoms with Gasteiger partial charge < -0.3 is 4.72 Å². The van der Waals surface area contributed by atoms with Crippen molar-refractivity contribution in [1.29, 1.82) is 0 Å². The molecule has 0 aliphatic heterocycles. The summed E-state index contributed by atoms with van der Waals surface area (Å²) >= 11 is 3.40. The lowest BCUT2D eigenvalue weighted by atomic mass is 10.2. The zero-order valence-electron chi connectivity index (χ0n) is 7.86. The van der Waals surface area contributed by atoms with E-state index in [1.165, 1.54) is 9.77 Å². The molecule has 0 fully saturated rings. The Bertz CT molecular complexity index is 378. The second kappa shape index (κ2) is 4.53. The largest absolute Gasteiger partial charge is 0.325 e. The van der Waals surface area contributed by atoms with Crippen molar-refractivity contribution in [3.8, 4) is 0 Å². The molecular formula is C11H11NS2. The zero-order chi connectivity index (χ0) is 9.80. The van der Waals surface area contributed by atoms with Crippen molar-refractivity contribution in [2.75, 3.05) is 4.72 Å². The molecule has 14 heavy (non-hydrogen) atoms. The number of rotatable bonds is 3. The lowest BCUT2D eigenvalue weighted by molar-refractivity contribution is 1.47. The van der Waals surface area contributed by atoms with Gasteiger partial charge in [0.2, 0.25) is 0 Å². The molecule has 0 spiro atoms. The Balaban J connectivity index is 1.95. The second-order valence-corrected chi connectivity index (χ2v) is 5.06. The minimum absolute atomic E-state index is 1.15. The van der Waals surface area contributed by atoms with Crippen LogP contribution in [0.3, 0.4) is 0 Å². The Kier molecular flexibility index (Phi) is 3.11. The summed E-state index contributed by atoms with van der Waals surface area (Å²) < 4.78 is 4.58. The minimum atomic E-state index is 1.15. The van der Waals surface area contributed by atoms with E-state index in [0.29, 0.717) is 0 Å². The molecule has 1 aromatic heterocycles. The Morgan fingerprint density at radius 2 is 1.93 bits per heavy atom. The first-order chi connectivity index (χ1) is 6.84. The highest BCUT2D eigenvalue weighted by molar-refractivity contribution is 8.02. The normalized spacial score (nSPS) is 10.1. The molecule has 0 bridgehead atoms. The average Bonchev–Trinajstić information content (AvgIpc) is 2.70. The van der Waals surface area contributed by atoms with Crippen molar-refractivity contribution < 1.29 is 0 Å². The van der Waals surface area contributed by atoms with Gasteiger partial charge in [-0.15, -0.1) is 11.3 Å². The maximum absolute atomic E-state index is 3.30. The van der Waals surface area contributed by atoms with Gasteiger partial charge in [-0.2, -0.15) is 0 Å². The molecular weight excluding hydrogens is 210 g/mol. The standard InChI is InChI=1S/C11H11NS2/c1-9-4-6-10(7-5-9)12-14-11-3-2-8-13-11/h2-8,12H,1H3. The van der Waals surface area contributed by atoms with E-state index in [4.69, 9.17) is 0 Å². The van der Waals surface area contributed by atoms with Crippen LogP contribution in [0, 0.1) is 6.92 Å². The molecule has 0 saturated heterocycles. The summed E-state index contributed by atoms with van der Waals surface area (Å²) in [4.78, 5) is 0. The SMILES string of the molecule is Cc1ccc(NSc2cccs2)cc1. The van der Waals surface area contributed by atoms with Crippen molar-refractivity contribution in [1.82, 2.24) is 0 Å². The summed E-state index contributed by atoms with van der Waals surface area (Å²) in [7, 11) is 0. The number of nitrogens with one attached hydrogen (secondary N) is 1. The van der Waals surface area contributed by atoms with Crippen molar-refractivity contribution in [2.24, 2.45) is 0 Å². The van der Waals surface area contributed by atoms with Gasteiger partial charge in [0.05, 0.1) is 4.21 Å². The lowest BCUT2D eigenvalue weighted by Gasteiger charge is -2.03. The molecule has 0 aliphatic carbocycles. The van der Waals surface area contributed by atoms with Crippen LogP contribution in [0.4, 0.5) is 5.69 Å².